The van der Waals surface area contributed by atoms with Crippen molar-refractivity contribution in [2.45, 2.75) is 0 Å². The van der Waals surface area contributed by atoms with Gasteiger partial charge in [0.1, 0.15) is 0 Å². The van der Waals surface area contributed by atoms with E-state index in [9.17, 15) is 0 Å². The molecule has 0 saturated carbocycles. The van der Waals surface area contributed by atoms with Gasteiger partial charge in [0, 0.05) is 17.7 Å². The van der Waals surface area contributed by atoms with Crippen LogP contribution in [0.2, 0.25) is 0 Å². The van der Waals surface area contributed by atoms with Crippen molar-refractivity contribution >= 4 is 21.9 Å². The highest BCUT2D eigenvalue weighted by molar-refractivity contribution is 6.07. The second-order valence-corrected chi connectivity index (χ2v) is 5.97. The van der Waals surface area contributed by atoms with Gasteiger partial charge < -0.3 is 0 Å². The molecule has 0 aliphatic carbocycles. The number of fused-ring (bicyclic) bond motifs is 2. The molecule has 0 atom stereocenters. The molecule has 0 amide bonds. The van der Waals surface area contributed by atoms with Crippen molar-refractivity contribution in [1.82, 2.24) is 0 Å². The molecule has 0 N–H and O–H groups in total. The summed E-state index contributed by atoms with van der Waals surface area (Å²) in [5.41, 5.74) is 4.30. The predicted octanol–water partition coefficient (Wildman–Crippen LogP) is 0.778. The van der Waals surface area contributed by atoms with Crippen molar-refractivity contribution < 1.29 is 33.3 Å². The van der Waals surface area contributed by atoms with E-state index in [-0.39, 0.29) is 0 Å². The van der Waals surface area contributed by atoms with Gasteiger partial charge in [0.05, 0.1) is 10.8 Å². The van der Waals surface area contributed by atoms with Crippen LogP contribution in [0.3, 0.4) is 0 Å². The first-order chi connectivity index (χ1) is 11.9. The molecule has 0 spiro atoms. The van der Waals surface area contributed by atoms with Crippen LogP contribution in [-0.2, 0) is 0 Å². The van der Waals surface area contributed by atoms with Crippen LogP contribution in [0.4, 0.5) is 0 Å². The first kappa shape index (κ1) is 17.3. The fraction of sp³-hybridized carbons (Fsp3) is 0. The maximum absolute atomic E-state index is 8.49. The van der Waals surface area contributed by atoms with Crippen LogP contribution >= 0.6 is 0 Å². The highest BCUT2D eigenvalue weighted by Gasteiger charge is 2.18. The molecule has 0 aliphatic rings. The van der Waals surface area contributed by atoms with Gasteiger partial charge in [-0.2, -0.15) is 0 Å². The molecule has 0 bridgehead atoms. The quantitative estimate of drug-likeness (QED) is 0.370. The molecule has 3 aromatic carbocycles. The van der Waals surface area contributed by atoms with Crippen molar-refractivity contribution in [2.24, 2.45) is 0 Å². The number of para-hydroxylation sites is 2. The van der Waals surface area contributed by atoms with Gasteiger partial charge >= 0.3 is 11.2 Å². The van der Waals surface area contributed by atoms with E-state index in [1.807, 2.05) is 30.3 Å². The summed E-state index contributed by atoms with van der Waals surface area (Å²) in [6.45, 7) is 0. The van der Waals surface area contributed by atoms with E-state index in [2.05, 4.69) is 48.5 Å². The Labute approximate surface area is 145 Å². The average molecular weight is 357 g/mol. The molecule has 1 aromatic heterocycles. The smallest absolute Gasteiger partial charge is 0.222 e. The summed E-state index contributed by atoms with van der Waals surface area (Å²) in [6, 6.07) is 26.9. The number of hydrogen-bond acceptors (Lipinski definition) is 4. The van der Waals surface area contributed by atoms with E-state index in [0.717, 1.165) is 21.9 Å². The zero-order valence-corrected chi connectivity index (χ0v) is 13.7. The average Bonchev–Trinajstić information content (AvgIpc) is 2.59. The third kappa shape index (κ3) is 4.30. The second-order valence-electron chi connectivity index (χ2n) is 5.21. The molecule has 0 fully saturated rings. The maximum Gasteiger partial charge on any atom is 0.361 e. The van der Waals surface area contributed by atoms with Crippen molar-refractivity contribution in [3.05, 3.63) is 78.9 Å². The van der Waals surface area contributed by atoms with Crippen molar-refractivity contribution in [3.8, 4) is 11.1 Å². The lowest BCUT2D eigenvalue weighted by Crippen LogP contribution is -2.68. The third-order valence-electron chi connectivity index (χ3n) is 3.60. The molecule has 5 nitrogen and oxygen atoms in total. The monoisotopic (exact) mass is 356 g/mol. The fourth-order valence-corrected chi connectivity index (χ4v) is 2.70. The Balaban J connectivity index is 0.000000324. The van der Waals surface area contributed by atoms with Crippen molar-refractivity contribution in [1.29, 1.82) is 0 Å². The molecule has 126 valence electrons. The highest BCUT2D eigenvalue weighted by atomic mass is 35.7. The summed E-state index contributed by atoms with van der Waals surface area (Å²) in [5, 5.41) is 2.30. The predicted molar refractivity (Wildman–Crippen MR) is 83.6 cm³/mol. The van der Waals surface area contributed by atoms with Crippen LogP contribution in [0.1, 0.15) is 0 Å². The van der Waals surface area contributed by atoms with Gasteiger partial charge in [-0.1, -0.05) is 54.6 Å². The van der Waals surface area contributed by atoms with E-state index in [1.54, 1.807) is 0 Å². The molecular formula is C19H13ClO5. The molecule has 0 radical (unpaired) electrons. The zero-order chi connectivity index (χ0) is 17.9. The second kappa shape index (κ2) is 7.14. The number of benzene rings is 3. The van der Waals surface area contributed by atoms with E-state index in [0.29, 0.717) is 0 Å². The van der Waals surface area contributed by atoms with Crippen LogP contribution in [0, 0.1) is 10.2 Å². The van der Waals surface area contributed by atoms with E-state index in [4.69, 9.17) is 23.1 Å². The normalized spacial score (nSPS) is 11.2. The Morgan fingerprint density at radius 2 is 0.960 bits per heavy atom. The van der Waals surface area contributed by atoms with Gasteiger partial charge in [-0.3, -0.25) is 0 Å². The summed E-state index contributed by atoms with van der Waals surface area (Å²) >= 11 is 0. The van der Waals surface area contributed by atoms with Gasteiger partial charge in [0.15, 0.2) is 0 Å². The van der Waals surface area contributed by atoms with Crippen LogP contribution in [0.25, 0.3) is 33.1 Å². The fourth-order valence-electron chi connectivity index (χ4n) is 2.70. The van der Waals surface area contributed by atoms with Gasteiger partial charge in [-0.25, -0.2) is 23.1 Å². The highest BCUT2D eigenvalue weighted by Crippen LogP contribution is 2.35. The van der Waals surface area contributed by atoms with Crippen LogP contribution in [0.15, 0.2) is 83.3 Å². The summed E-state index contributed by atoms with van der Waals surface area (Å²) in [5.74, 6) is 0. The van der Waals surface area contributed by atoms with E-state index < -0.39 is 10.2 Å². The Kier molecular flexibility index (Phi) is 4.94. The molecule has 6 heteroatoms. The van der Waals surface area contributed by atoms with Crippen LogP contribution < -0.4 is 18.6 Å². The lowest BCUT2D eigenvalue weighted by Gasteiger charge is -2.17. The van der Waals surface area contributed by atoms with Gasteiger partial charge in [-0.05, 0) is 17.7 Å². The van der Waals surface area contributed by atoms with Crippen molar-refractivity contribution in [3.63, 3.8) is 0 Å². The molecule has 4 rings (SSSR count). The minimum atomic E-state index is -4.94. The van der Waals surface area contributed by atoms with Crippen LogP contribution in [0.5, 0.6) is 0 Å². The minimum absolute atomic E-state index is 0.921. The zero-order valence-electron chi connectivity index (χ0n) is 12.9. The Morgan fingerprint density at radius 1 is 0.560 bits per heavy atom. The van der Waals surface area contributed by atoms with Crippen molar-refractivity contribution in [2.75, 3.05) is 0 Å². The Hall–Kier alpha value is -2.54. The Morgan fingerprint density at radius 3 is 1.44 bits per heavy atom. The molecule has 0 saturated heterocycles. The lowest BCUT2D eigenvalue weighted by molar-refractivity contribution is -2.00. The van der Waals surface area contributed by atoms with Gasteiger partial charge in [0.25, 0.3) is 0 Å². The van der Waals surface area contributed by atoms with E-state index in [1.165, 1.54) is 11.1 Å². The SMILES string of the molecule is [O-][Cl+3]([O-])([O-])[O-].c1ccc(-c2c3ccccc3[o+]c3ccccc23)cc1. The molecule has 1 heterocycles. The molecule has 0 unspecified atom stereocenters. The first-order valence-corrected chi connectivity index (χ1v) is 8.58. The maximum atomic E-state index is 8.49. The summed E-state index contributed by atoms with van der Waals surface area (Å²) in [7, 11) is -4.94. The molecule has 25 heavy (non-hydrogen) atoms. The third-order valence-corrected chi connectivity index (χ3v) is 3.60. The molecular weight excluding hydrogens is 344 g/mol. The lowest BCUT2D eigenvalue weighted by atomic mass is 9.97. The number of hydrogen-bond donors (Lipinski definition) is 0. The van der Waals surface area contributed by atoms with Gasteiger partial charge in [0.2, 0.25) is 0 Å². The van der Waals surface area contributed by atoms with E-state index >= 15 is 0 Å². The number of halogens is 1. The topological polar surface area (TPSA) is 104 Å². The molecule has 0 aliphatic heterocycles. The first-order valence-electron chi connectivity index (χ1n) is 7.34. The summed E-state index contributed by atoms with van der Waals surface area (Å²) < 4.78 is 40.0. The van der Waals surface area contributed by atoms with Gasteiger partial charge in [-0.15, -0.1) is 10.2 Å². The standard InChI is InChI=1S/C19H13O.ClHO4/c1-2-8-14(9-3-1)19-15-10-4-6-12-17(15)20-18-13-7-5-11-16(18)19;2-1(3,4)5/h1-13H;(H,2,3,4,5)/q+1;/p-1. The summed E-state index contributed by atoms with van der Waals surface area (Å²) in [4.78, 5) is 0. The largest absolute Gasteiger partial charge is 0.361 e. The van der Waals surface area contributed by atoms with Crippen LogP contribution in [-0.4, -0.2) is 0 Å². The summed E-state index contributed by atoms with van der Waals surface area (Å²) in [6.07, 6.45) is 0. The minimum Gasteiger partial charge on any atom is -0.222 e. The Bertz CT molecular complexity index is 937. The number of rotatable bonds is 1. The molecule has 4 aromatic rings.